The fourth-order valence-electron chi connectivity index (χ4n) is 2.08. The number of nitrogens with two attached hydrogens (primary N) is 1. The number of nitrogen functional groups attached to an aromatic ring is 1. The Balaban J connectivity index is 1.88. The second-order valence-electron chi connectivity index (χ2n) is 4.70. The van der Waals surface area contributed by atoms with Crippen LogP contribution in [0.1, 0.15) is 5.56 Å². The van der Waals surface area contributed by atoms with E-state index < -0.39 is 0 Å². The fraction of sp³-hybridized carbons (Fsp3) is 0.200. The lowest BCUT2D eigenvalue weighted by molar-refractivity contribution is 0.415. The third-order valence-corrected chi connectivity index (χ3v) is 4.38. The van der Waals surface area contributed by atoms with Gasteiger partial charge in [-0.3, -0.25) is 0 Å². The Kier molecular flexibility index (Phi) is 3.70. The average Bonchev–Trinajstić information content (AvgIpc) is 2.90. The molecule has 2 aromatic heterocycles. The Bertz CT molecular complexity index is 784. The molecule has 6 heteroatoms. The van der Waals surface area contributed by atoms with Gasteiger partial charge in [0, 0.05) is 42.2 Å². The standard InChI is InChI=1S/C15H16N4OS/c1-19-6-5-17-15(19)21-9-11-7-10-3-4-12(20-2)8-13(10)18-14(11)16/h3-8H,9H2,1-2H3,(H2,16,18). The number of thioether (sulfide) groups is 1. The van der Waals surface area contributed by atoms with Crippen molar-refractivity contribution in [3.8, 4) is 5.75 Å². The van der Waals surface area contributed by atoms with E-state index in [9.17, 15) is 0 Å². The third kappa shape index (κ3) is 2.80. The van der Waals surface area contributed by atoms with E-state index in [-0.39, 0.29) is 0 Å². The summed E-state index contributed by atoms with van der Waals surface area (Å²) in [6.45, 7) is 0. The van der Waals surface area contributed by atoms with Crippen LogP contribution in [-0.2, 0) is 12.8 Å². The molecule has 0 saturated carbocycles. The van der Waals surface area contributed by atoms with Crippen LogP contribution in [0.2, 0.25) is 0 Å². The van der Waals surface area contributed by atoms with E-state index in [4.69, 9.17) is 10.5 Å². The maximum absolute atomic E-state index is 6.06. The van der Waals surface area contributed by atoms with Crippen LogP contribution >= 0.6 is 11.8 Å². The minimum atomic E-state index is 0.553. The molecule has 0 atom stereocenters. The monoisotopic (exact) mass is 300 g/mol. The van der Waals surface area contributed by atoms with E-state index in [1.165, 1.54) is 0 Å². The third-order valence-electron chi connectivity index (χ3n) is 3.27. The summed E-state index contributed by atoms with van der Waals surface area (Å²) in [7, 11) is 3.62. The summed E-state index contributed by atoms with van der Waals surface area (Å²) in [6.07, 6.45) is 3.72. The molecule has 1 aromatic carbocycles. The number of aromatic nitrogens is 3. The van der Waals surface area contributed by atoms with E-state index in [1.807, 2.05) is 36.0 Å². The highest BCUT2D eigenvalue weighted by molar-refractivity contribution is 7.98. The number of hydrogen-bond donors (Lipinski definition) is 1. The van der Waals surface area contributed by atoms with Gasteiger partial charge in [0.15, 0.2) is 5.16 Å². The number of imidazole rings is 1. The molecular weight excluding hydrogens is 284 g/mol. The quantitative estimate of drug-likeness (QED) is 0.751. The Morgan fingerprint density at radius 3 is 2.90 bits per heavy atom. The van der Waals surface area contributed by atoms with Crippen LogP contribution in [0.25, 0.3) is 10.9 Å². The number of rotatable bonds is 4. The first-order chi connectivity index (χ1) is 10.2. The van der Waals surface area contributed by atoms with Crippen molar-refractivity contribution in [3.05, 3.63) is 42.2 Å². The van der Waals surface area contributed by atoms with E-state index in [1.54, 1.807) is 25.1 Å². The van der Waals surface area contributed by atoms with Crippen molar-refractivity contribution in [3.63, 3.8) is 0 Å². The largest absolute Gasteiger partial charge is 0.497 e. The van der Waals surface area contributed by atoms with Crippen molar-refractivity contribution >= 4 is 28.5 Å². The first kappa shape index (κ1) is 13.8. The van der Waals surface area contributed by atoms with Crippen molar-refractivity contribution in [2.75, 3.05) is 12.8 Å². The zero-order chi connectivity index (χ0) is 14.8. The molecule has 0 bridgehead atoms. The van der Waals surface area contributed by atoms with Gasteiger partial charge >= 0.3 is 0 Å². The summed E-state index contributed by atoms with van der Waals surface area (Å²) in [6, 6.07) is 7.89. The molecule has 5 nitrogen and oxygen atoms in total. The van der Waals surface area contributed by atoms with Gasteiger partial charge in [-0.2, -0.15) is 0 Å². The van der Waals surface area contributed by atoms with Crippen LogP contribution in [0.15, 0.2) is 41.8 Å². The molecule has 2 heterocycles. The topological polar surface area (TPSA) is 66.0 Å². The number of aryl methyl sites for hydroxylation is 1. The Hall–Kier alpha value is -2.21. The average molecular weight is 300 g/mol. The van der Waals surface area contributed by atoms with E-state index in [0.29, 0.717) is 5.82 Å². The highest BCUT2D eigenvalue weighted by Crippen LogP contribution is 2.27. The summed E-state index contributed by atoms with van der Waals surface area (Å²) in [4.78, 5) is 8.76. The van der Waals surface area contributed by atoms with Gasteiger partial charge in [-0.25, -0.2) is 9.97 Å². The molecule has 3 aromatic rings. The van der Waals surface area contributed by atoms with Crippen LogP contribution in [0, 0.1) is 0 Å². The van der Waals surface area contributed by atoms with Crippen LogP contribution in [-0.4, -0.2) is 21.6 Å². The molecule has 0 amide bonds. The SMILES string of the molecule is COc1ccc2cc(CSc3nccn3C)c(N)nc2c1. The molecule has 21 heavy (non-hydrogen) atoms. The van der Waals surface area contributed by atoms with Crippen LogP contribution < -0.4 is 10.5 Å². The van der Waals surface area contributed by atoms with Crippen molar-refractivity contribution in [2.24, 2.45) is 7.05 Å². The Morgan fingerprint density at radius 1 is 1.33 bits per heavy atom. The summed E-state index contributed by atoms with van der Waals surface area (Å²) >= 11 is 1.64. The van der Waals surface area contributed by atoms with Crippen molar-refractivity contribution in [2.45, 2.75) is 10.9 Å². The maximum atomic E-state index is 6.06. The summed E-state index contributed by atoms with van der Waals surface area (Å²) in [5, 5.41) is 2.02. The summed E-state index contributed by atoms with van der Waals surface area (Å²) < 4.78 is 7.19. The molecular formula is C15H16N4OS. The Labute approximate surface area is 127 Å². The molecule has 0 unspecified atom stereocenters. The normalized spacial score (nSPS) is 11.0. The zero-order valence-electron chi connectivity index (χ0n) is 11.9. The second-order valence-corrected chi connectivity index (χ2v) is 5.64. The van der Waals surface area contributed by atoms with E-state index in [0.717, 1.165) is 33.1 Å². The van der Waals surface area contributed by atoms with E-state index in [2.05, 4.69) is 16.0 Å². The van der Waals surface area contributed by atoms with Crippen LogP contribution in [0.5, 0.6) is 5.75 Å². The number of pyridine rings is 1. The minimum absolute atomic E-state index is 0.553. The molecule has 3 rings (SSSR count). The number of nitrogens with zero attached hydrogens (tertiary/aromatic N) is 3. The molecule has 0 radical (unpaired) electrons. The molecule has 0 aliphatic heterocycles. The van der Waals surface area contributed by atoms with Gasteiger partial charge in [0.2, 0.25) is 0 Å². The number of hydrogen-bond acceptors (Lipinski definition) is 5. The number of benzene rings is 1. The molecule has 0 fully saturated rings. The maximum Gasteiger partial charge on any atom is 0.167 e. The Morgan fingerprint density at radius 2 is 2.19 bits per heavy atom. The number of ether oxygens (including phenoxy) is 1. The van der Waals surface area contributed by atoms with Gasteiger partial charge in [-0.05, 0) is 18.2 Å². The first-order valence-corrected chi connectivity index (χ1v) is 7.49. The second kappa shape index (κ2) is 5.65. The highest BCUT2D eigenvalue weighted by atomic mass is 32.2. The number of methoxy groups -OCH3 is 1. The molecule has 0 saturated heterocycles. The lowest BCUT2D eigenvalue weighted by Crippen LogP contribution is -1.98. The van der Waals surface area contributed by atoms with Gasteiger partial charge < -0.3 is 15.0 Å². The molecule has 108 valence electrons. The summed E-state index contributed by atoms with van der Waals surface area (Å²) in [5.74, 6) is 2.08. The van der Waals surface area contributed by atoms with Gasteiger partial charge in [-0.15, -0.1) is 0 Å². The van der Waals surface area contributed by atoms with Gasteiger partial charge in [0.25, 0.3) is 0 Å². The molecule has 0 aliphatic carbocycles. The molecule has 0 aliphatic rings. The van der Waals surface area contributed by atoms with Crippen molar-refractivity contribution < 1.29 is 4.74 Å². The van der Waals surface area contributed by atoms with Crippen molar-refractivity contribution in [1.29, 1.82) is 0 Å². The zero-order valence-corrected chi connectivity index (χ0v) is 12.7. The summed E-state index contributed by atoms with van der Waals surface area (Å²) in [5.41, 5.74) is 7.92. The molecule has 0 spiro atoms. The minimum Gasteiger partial charge on any atom is -0.497 e. The van der Waals surface area contributed by atoms with E-state index >= 15 is 0 Å². The predicted molar refractivity (Wildman–Crippen MR) is 85.5 cm³/mol. The van der Waals surface area contributed by atoms with Crippen molar-refractivity contribution in [1.82, 2.24) is 14.5 Å². The first-order valence-electron chi connectivity index (χ1n) is 6.50. The highest BCUT2D eigenvalue weighted by Gasteiger charge is 2.08. The molecule has 2 N–H and O–H groups in total. The lowest BCUT2D eigenvalue weighted by Gasteiger charge is -2.08. The van der Waals surface area contributed by atoms with Gasteiger partial charge in [-0.1, -0.05) is 11.8 Å². The number of fused-ring (bicyclic) bond motifs is 1. The smallest absolute Gasteiger partial charge is 0.167 e. The van der Waals surface area contributed by atoms with Gasteiger partial charge in [0.05, 0.1) is 12.6 Å². The van der Waals surface area contributed by atoms with Gasteiger partial charge in [0.1, 0.15) is 11.6 Å². The lowest BCUT2D eigenvalue weighted by atomic mass is 10.1. The fourth-order valence-corrected chi connectivity index (χ4v) is 3.00. The van der Waals surface area contributed by atoms with Crippen LogP contribution in [0.4, 0.5) is 5.82 Å². The van der Waals surface area contributed by atoms with Crippen LogP contribution in [0.3, 0.4) is 0 Å². The number of anilines is 1. The predicted octanol–water partition coefficient (Wildman–Crippen LogP) is 2.85.